The summed E-state index contributed by atoms with van der Waals surface area (Å²) in [6.45, 7) is 11.1. The third kappa shape index (κ3) is 1.50. The number of anilines is 1. The molecule has 1 N–H and O–H groups in total. The second-order valence-electron chi connectivity index (χ2n) is 5.60. The van der Waals surface area contributed by atoms with Crippen molar-refractivity contribution >= 4 is 5.95 Å². The standard InChI is InChI=1S/C12H19N3/c1-8-6-13-10(14-7-8)15-9-11(2,3)12(9,4)5/h6-7,9H,1-5H3,(H,13,14,15). The molecule has 1 saturated carbocycles. The Kier molecular flexibility index (Phi) is 2.04. The smallest absolute Gasteiger partial charge is 0.222 e. The molecular weight excluding hydrogens is 186 g/mol. The highest BCUT2D eigenvalue weighted by Gasteiger charge is 2.65. The number of aromatic nitrogens is 2. The van der Waals surface area contributed by atoms with E-state index in [1.807, 2.05) is 19.3 Å². The molecule has 0 radical (unpaired) electrons. The van der Waals surface area contributed by atoms with Gasteiger partial charge in [0, 0.05) is 18.4 Å². The van der Waals surface area contributed by atoms with Gasteiger partial charge in [-0.25, -0.2) is 9.97 Å². The van der Waals surface area contributed by atoms with Crippen LogP contribution in [0.15, 0.2) is 12.4 Å². The summed E-state index contributed by atoms with van der Waals surface area (Å²) < 4.78 is 0. The lowest BCUT2D eigenvalue weighted by Gasteiger charge is -2.05. The van der Waals surface area contributed by atoms with Gasteiger partial charge in [-0.05, 0) is 23.3 Å². The molecular formula is C12H19N3. The highest BCUT2D eigenvalue weighted by atomic mass is 15.2. The number of nitrogens with zero attached hydrogens (tertiary/aromatic N) is 2. The zero-order chi connectivity index (χ0) is 11.3. The summed E-state index contributed by atoms with van der Waals surface area (Å²) in [7, 11) is 0. The Bertz CT molecular complexity index is 351. The Hall–Kier alpha value is -1.12. The third-order valence-corrected chi connectivity index (χ3v) is 4.08. The highest BCUT2D eigenvalue weighted by molar-refractivity contribution is 5.36. The fourth-order valence-corrected chi connectivity index (χ4v) is 2.15. The van der Waals surface area contributed by atoms with Gasteiger partial charge in [-0.2, -0.15) is 0 Å². The van der Waals surface area contributed by atoms with E-state index in [0.717, 1.165) is 11.5 Å². The fourth-order valence-electron chi connectivity index (χ4n) is 2.15. The predicted octanol–water partition coefficient (Wildman–Crippen LogP) is 2.63. The van der Waals surface area contributed by atoms with Gasteiger partial charge in [0.2, 0.25) is 5.95 Å². The minimum absolute atomic E-state index is 0.321. The molecule has 1 aliphatic rings. The fraction of sp³-hybridized carbons (Fsp3) is 0.667. The lowest BCUT2D eigenvalue weighted by molar-refractivity contribution is 0.457. The van der Waals surface area contributed by atoms with Gasteiger partial charge in [0.25, 0.3) is 0 Å². The Morgan fingerprint density at radius 1 is 1.07 bits per heavy atom. The Balaban J connectivity index is 2.09. The summed E-state index contributed by atoms with van der Waals surface area (Å²) in [5.41, 5.74) is 1.73. The highest BCUT2D eigenvalue weighted by Crippen LogP contribution is 2.63. The minimum Gasteiger partial charge on any atom is -0.350 e. The molecule has 0 aliphatic heterocycles. The van der Waals surface area contributed by atoms with Crippen LogP contribution in [0.4, 0.5) is 5.95 Å². The molecule has 3 nitrogen and oxygen atoms in total. The van der Waals surface area contributed by atoms with Crippen molar-refractivity contribution in [1.82, 2.24) is 9.97 Å². The van der Waals surface area contributed by atoms with Crippen molar-refractivity contribution in [2.75, 3.05) is 5.32 Å². The van der Waals surface area contributed by atoms with Gasteiger partial charge >= 0.3 is 0 Å². The summed E-state index contributed by atoms with van der Waals surface area (Å²) in [4.78, 5) is 8.53. The van der Waals surface area contributed by atoms with Crippen LogP contribution in [0.1, 0.15) is 33.3 Å². The Morgan fingerprint density at radius 3 is 1.93 bits per heavy atom. The molecule has 0 amide bonds. The largest absolute Gasteiger partial charge is 0.350 e. The number of rotatable bonds is 2. The number of hydrogen-bond donors (Lipinski definition) is 1. The van der Waals surface area contributed by atoms with E-state index in [9.17, 15) is 0 Å². The minimum atomic E-state index is 0.321. The van der Waals surface area contributed by atoms with E-state index in [4.69, 9.17) is 0 Å². The molecule has 1 aliphatic carbocycles. The summed E-state index contributed by atoms with van der Waals surface area (Å²) >= 11 is 0. The molecule has 1 aromatic heterocycles. The Morgan fingerprint density at radius 2 is 1.53 bits per heavy atom. The first kappa shape index (κ1) is 10.4. The van der Waals surface area contributed by atoms with Gasteiger partial charge < -0.3 is 5.32 Å². The van der Waals surface area contributed by atoms with Crippen molar-refractivity contribution in [3.63, 3.8) is 0 Å². The van der Waals surface area contributed by atoms with Gasteiger partial charge in [-0.1, -0.05) is 27.7 Å². The van der Waals surface area contributed by atoms with E-state index in [0.29, 0.717) is 16.9 Å². The van der Waals surface area contributed by atoms with E-state index in [2.05, 4.69) is 43.0 Å². The summed E-state index contributed by atoms with van der Waals surface area (Å²) in [5, 5.41) is 3.40. The first-order valence-electron chi connectivity index (χ1n) is 5.41. The van der Waals surface area contributed by atoms with Crippen molar-refractivity contribution in [2.45, 2.75) is 40.7 Å². The maximum atomic E-state index is 4.27. The van der Waals surface area contributed by atoms with Gasteiger partial charge in [0.15, 0.2) is 0 Å². The maximum Gasteiger partial charge on any atom is 0.222 e. The van der Waals surface area contributed by atoms with Crippen LogP contribution >= 0.6 is 0 Å². The zero-order valence-electron chi connectivity index (χ0n) is 10.1. The van der Waals surface area contributed by atoms with E-state index < -0.39 is 0 Å². The third-order valence-electron chi connectivity index (χ3n) is 4.08. The molecule has 0 bridgehead atoms. The lowest BCUT2D eigenvalue weighted by atomic mass is 10.0. The van der Waals surface area contributed by atoms with Gasteiger partial charge in [0.1, 0.15) is 0 Å². The Labute approximate surface area is 91.3 Å². The van der Waals surface area contributed by atoms with Crippen LogP contribution in [0.25, 0.3) is 0 Å². The van der Waals surface area contributed by atoms with E-state index in [1.54, 1.807) is 0 Å². The quantitative estimate of drug-likeness (QED) is 0.806. The molecule has 1 heterocycles. The second kappa shape index (κ2) is 2.94. The molecule has 2 rings (SSSR count). The van der Waals surface area contributed by atoms with E-state index in [-0.39, 0.29) is 0 Å². The molecule has 1 fully saturated rings. The SMILES string of the molecule is Cc1cnc(NC2C(C)(C)C2(C)C)nc1. The molecule has 82 valence electrons. The maximum absolute atomic E-state index is 4.27. The van der Waals surface area contributed by atoms with Crippen LogP contribution < -0.4 is 5.32 Å². The van der Waals surface area contributed by atoms with Gasteiger partial charge in [-0.15, -0.1) is 0 Å². The molecule has 3 heteroatoms. The van der Waals surface area contributed by atoms with Crippen molar-refractivity contribution in [2.24, 2.45) is 10.8 Å². The number of hydrogen-bond acceptors (Lipinski definition) is 3. The molecule has 1 aromatic rings. The van der Waals surface area contributed by atoms with Crippen molar-refractivity contribution in [1.29, 1.82) is 0 Å². The van der Waals surface area contributed by atoms with Crippen molar-refractivity contribution in [3.8, 4) is 0 Å². The monoisotopic (exact) mass is 205 g/mol. The number of nitrogens with one attached hydrogen (secondary N) is 1. The van der Waals surface area contributed by atoms with Crippen LogP contribution in [-0.2, 0) is 0 Å². The van der Waals surface area contributed by atoms with Gasteiger partial charge in [-0.3, -0.25) is 0 Å². The second-order valence-corrected chi connectivity index (χ2v) is 5.60. The predicted molar refractivity (Wildman–Crippen MR) is 61.7 cm³/mol. The summed E-state index contributed by atoms with van der Waals surface area (Å²) in [6, 6.07) is 0.465. The summed E-state index contributed by atoms with van der Waals surface area (Å²) in [5.74, 6) is 0.740. The topological polar surface area (TPSA) is 37.8 Å². The van der Waals surface area contributed by atoms with Gasteiger partial charge in [0.05, 0.1) is 0 Å². The van der Waals surface area contributed by atoms with Crippen molar-refractivity contribution in [3.05, 3.63) is 18.0 Å². The lowest BCUT2D eigenvalue weighted by Crippen LogP contribution is -2.12. The van der Waals surface area contributed by atoms with Crippen LogP contribution in [0.2, 0.25) is 0 Å². The average Bonchev–Trinajstić information content (AvgIpc) is 2.52. The summed E-state index contributed by atoms with van der Waals surface area (Å²) in [6.07, 6.45) is 3.69. The molecule has 0 saturated heterocycles. The van der Waals surface area contributed by atoms with E-state index in [1.165, 1.54) is 0 Å². The average molecular weight is 205 g/mol. The molecule has 0 spiro atoms. The molecule has 0 atom stereocenters. The van der Waals surface area contributed by atoms with Crippen LogP contribution in [0, 0.1) is 17.8 Å². The zero-order valence-corrected chi connectivity index (χ0v) is 10.1. The van der Waals surface area contributed by atoms with Crippen LogP contribution in [0.3, 0.4) is 0 Å². The van der Waals surface area contributed by atoms with Crippen molar-refractivity contribution < 1.29 is 0 Å². The molecule has 0 unspecified atom stereocenters. The van der Waals surface area contributed by atoms with E-state index >= 15 is 0 Å². The first-order valence-corrected chi connectivity index (χ1v) is 5.41. The van der Waals surface area contributed by atoms with Crippen LogP contribution in [0.5, 0.6) is 0 Å². The first-order chi connectivity index (χ1) is 6.85. The normalized spacial score (nSPS) is 22.5. The molecule has 15 heavy (non-hydrogen) atoms. The van der Waals surface area contributed by atoms with Crippen LogP contribution in [-0.4, -0.2) is 16.0 Å². The molecule has 0 aromatic carbocycles. The number of aryl methyl sites for hydroxylation is 1.